The molecule has 0 spiro atoms. The van der Waals surface area contributed by atoms with Crippen LogP contribution in [0.3, 0.4) is 0 Å². The van der Waals surface area contributed by atoms with Gasteiger partial charge in [0, 0.05) is 23.1 Å². The molecule has 41 heavy (non-hydrogen) atoms. The number of rotatable bonds is 4. The molecule has 1 nitrogen and oxygen atoms in total. The van der Waals surface area contributed by atoms with Crippen molar-refractivity contribution in [3.05, 3.63) is 125 Å². The number of benzene rings is 3. The summed E-state index contributed by atoms with van der Waals surface area (Å²) in [5.74, 6) is 0.640. The van der Waals surface area contributed by atoms with Crippen molar-refractivity contribution in [3.8, 4) is 16.8 Å². The molecule has 1 aromatic heterocycles. The molecule has 2 unspecified atom stereocenters. The maximum Gasteiger partial charge on any atom is 3.00 e. The summed E-state index contributed by atoms with van der Waals surface area (Å²) in [5, 5.41) is 4.41. The minimum Gasteiger partial charge on any atom is -1.00 e. The van der Waals surface area contributed by atoms with Gasteiger partial charge in [-0.2, -0.15) is 6.07 Å². The summed E-state index contributed by atoms with van der Waals surface area (Å²) >= 11 is 0. The van der Waals surface area contributed by atoms with Gasteiger partial charge in [-0.3, -0.25) is 0 Å². The zero-order valence-electron chi connectivity index (χ0n) is 24.8. The van der Waals surface area contributed by atoms with Crippen LogP contribution >= 0.6 is 0 Å². The normalized spacial score (nSPS) is 16.3. The van der Waals surface area contributed by atoms with Crippen LogP contribution in [0.5, 0.6) is 0 Å². The van der Waals surface area contributed by atoms with Crippen LogP contribution in [-0.4, -0.2) is 12.6 Å². The van der Waals surface area contributed by atoms with Gasteiger partial charge in [0.15, 0.2) is 0 Å². The van der Waals surface area contributed by atoms with Crippen LogP contribution in [0.2, 0.25) is 13.1 Å². The third-order valence-corrected chi connectivity index (χ3v) is 13.1. The van der Waals surface area contributed by atoms with E-state index >= 15 is 0 Å². The van der Waals surface area contributed by atoms with Gasteiger partial charge in [-0.1, -0.05) is 93.5 Å². The third kappa shape index (κ3) is 5.68. The van der Waals surface area contributed by atoms with E-state index in [1.807, 2.05) is 0 Å². The van der Waals surface area contributed by atoms with Crippen molar-refractivity contribution in [2.24, 2.45) is 0 Å². The molecule has 1 radical (unpaired) electrons. The standard InChI is InChI=1S/C20H21.C16H17NSi.2ClH.Zr/c1-4-15(3)16-8-10-17(11-9-16)19-7-5-6-18-12-14(2)13-20(18)19;1-11-15-13-9-10-17(12-7-5-4-6-8-12)14(13)16(11)18(15,2)3;;;/h5-13,15H,4H2,1-3H3;4-10,15H,1-3H3;2*1H;/q-1;;;;+3/p-2. The molecular weight excluding hydrogens is 637 g/mol. The van der Waals surface area contributed by atoms with Crippen molar-refractivity contribution in [3.63, 3.8) is 0 Å². The van der Waals surface area contributed by atoms with E-state index in [1.165, 1.54) is 50.8 Å². The molecule has 1 aliphatic carbocycles. The fourth-order valence-corrected chi connectivity index (χ4v) is 11.3. The monoisotopic (exact) mass is 672 g/mol. The predicted octanol–water partition coefficient (Wildman–Crippen LogP) is 4.20. The first-order chi connectivity index (χ1) is 18.3. The average molecular weight is 675 g/mol. The number of allylic oxidation sites excluding steroid dienone is 1. The number of nitrogens with zero attached hydrogens (tertiary/aromatic N) is 1. The molecule has 5 heteroatoms. The Morgan fingerprint density at radius 3 is 2.20 bits per heavy atom. The van der Waals surface area contributed by atoms with Gasteiger partial charge in [0.1, 0.15) is 0 Å². The average Bonchev–Trinajstić information content (AvgIpc) is 3.64. The van der Waals surface area contributed by atoms with Crippen molar-refractivity contribution in [1.82, 2.24) is 4.57 Å². The topological polar surface area (TPSA) is 4.93 Å². The van der Waals surface area contributed by atoms with E-state index in [0.29, 0.717) is 5.92 Å². The molecule has 3 aliphatic rings. The van der Waals surface area contributed by atoms with Gasteiger partial charge in [-0.25, -0.2) is 0 Å². The van der Waals surface area contributed by atoms with Gasteiger partial charge in [-0.15, -0.1) is 34.5 Å². The fraction of sp³-hybridized carbons (Fsp3) is 0.250. The first-order valence-corrected chi connectivity index (χ1v) is 17.1. The van der Waals surface area contributed by atoms with E-state index in [0.717, 1.165) is 5.54 Å². The summed E-state index contributed by atoms with van der Waals surface area (Å²) in [7, 11) is -1.17. The number of para-hydroxylation sites is 1. The van der Waals surface area contributed by atoms with Crippen molar-refractivity contribution < 1.29 is 51.0 Å². The minimum absolute atomic E-state index is 0. The zero-order chi connectivity index (χ0) is 26.6. The number of aromatic nitrogens is 1. The fourth-order valence-electron chi connectivity index (χ4n) is 6.99. The number of aryl methyl sites for hydroxylation is 1. The maximum atomic E-state index is 2.51. The van der Waals surface area contributed by atoms with Gasteiger partial charge in [0.05, 0.1) is 8.07 Å². The van der Waals surface area contributed by atoms with E-state index in [-0.39, 0.29) is 51.0 Å². The van der Waals surface area contributed by atoms with E-state index in [2.05, 4.69) is 143 Å². The Labute approximate surface area is 278 Å². The Bertz CT molecular complexity index is 1660. The van der Waals surface area contributed by atoms with Crippen LogP contribution < -0.4 is 24.8 Å². The van der Waals surface area contributed by atoms with E-state index in [9.17, 15) is 0 Å². The van der Waals surface area contributed by atoms with Gasteiger partial charge >= 0.3 is 26.2 Å². The number of halogens is 2. The Morgan fingerprint density at radius 2 is 1.56 bits per heavy atom. The minimum atomic E-state index is -1.17. The van der Waals surface area contributed by atoms with E-state index in [1.54, 1.807) is 16.3 Å². The molecule has 8 rings (SSSR count). The molecule has 5 aromatic rings. The SMILES string of the molecule is CC1=C2c3c(ccn3-c3ccccc3)C1[Si]2(C)C.CCC(C)c1ccc(-c2cccc3[cH-]c(C)cc23)cc1.[Cl-].[Cl-].[Zr+3]. The largest absolute Gasteiger partial charge is 3.00 e. The number of fused-ring (bicyclic) bond motifs is 1. The molecular formula is C36H38Cl2NSiZr. The first kappa shape index (κ1) is 33.5. The van der Waals surface area contributed by atoms with Gasteiger partial charge in [0.2, 0.25) is 0 Å². The summed E-state index contributed by atoms with van der Waals surface area (Å²) in [5.41, 5.74) is 12.2. The molecule has 0 N–H and O–H groups in total. The van der Waals surface area contributed by atoms with E-state index in [4.69, 9.17) is 0 Å². The van der Waals surface area contributed by atoms with Gasteiger partial charge in [0.25, 0.3) is 0 Å². The third-order valence-electron chi connectivity index (χ3n) is 8.99. The molecule has 3 heterocycles. The predicted molar refractivity (Wildman–Crippen MR) is 167 cm³/mol. The van der Waals surface area contributed by atoms with Crippen molar-refractivity contribution in [1.29, 1.82) is 0 Å². The Balaban J connectivity index is 0.000000211. The smallest absolute Gasteiger partial charge is 1.00 e. The van der Waals surface area contributed by atoms with Crippen LogP contribution in [0.15, 0.2) is 103 Å². The molecule has 0 saturated carbocycles. The van der Waals surface area contributed by atoms with Gasteiger partial charge < -0.3 is 29.4 Å². The van der Waals surface area contributed by atoms with Crippen LogP contribution in [0.4, 0.5) is 0 Å². The number of hydrogen-bond donors (Lipinski definition) is 0. The first-order valence-electron chi connectivity index (χ1n) is 14.1. The van der Waals surface area contributed by atoms with Crippen LogP contribution in [0, 0.1) is 6.92 Å². The summed E-state index contributed by atoms with van der Waals surface area (Å²) in [6.45, 7) is 14.0. The molecule has 209 valence electrons. The second-order valence-corrected chi connectivity index (χ2v) is 16.3. The van der Waals surface area contributed by atoms with Crippen molar-refractivity contribution in [2.75, 3.05) is 0 Å². The summed E-state index contributed by atoms with van der Waals surface area (Å²) < 4.78 is 2.38. The summed E-state index contributed by atoms with van der Waals surface area (Å²) in [6, 6.07) is 33.2. The second-order valence-electron chi connectivity index (χ2n) is 11.8. The molecule has 0 fully saturated rings. The summed E-state index contributed by atoms with van der Waals surface area (Å²) in [6.07, 6.45) is 3.43. The molecule has 2 atom stereocenters. The Hall–Kier alpha value is -2.03. The van der Waals surface area contributed by atoms with Crippen molar-refractivity contribution >= 4 is 24.0 Å². The zero-order valence-corrected chi connectivity index (χ0v) is 29.8. The Kier molecular flexibility index (Phi) is 10.7. The second kappa shape index (κ2) is 13.1. The number of hydrogen-bond acceptors (Lipinski definition) is 0. The quantitative estimate of drug-likeness (QED) is 0.199. The molecule has 4 aromatic carbocycles. The molecule has 0 saturated heterocycles. The van der Waals surface area contributed by atoms with E-state index < -0.39 is 8.07 Å². The molecule has 0 amide bonds. The molecule has 2 bridgehead atoms. The summed E-state index contributed by atoms with van der Waals surface area (Å²) in [4.78, 5) is 0. The van der Waals surface area contributed by atoms with Crippen molar-refractivity contribution in [2.45, 2.75) is 58.7 Å². The van der Waals surface area contributed by atoms with Crippen LogP contribution in [0.1, 0.15) is 61.0 Å². The maximum absolute atomic E-state index is 2.51. The van der Waals surface area contributed by atoms with Crippen LogP contribution in [-0.2, 0) is 26.2 Å². The van der Waals surface area contributed by atoms with Crippen LogP contribution in [0.25, 0.3) is 32.8 Å². The molecule has 2 aliphatic heterocycles. The Morgan fingerprint density at radius 1 is 0.878 bits per heavy atom. The van der Waals surface area contributed by atoms with Gasteiger partial charge in [-0.05, 0) is 59.3 Å².